The van der Waals surface area contributed by atoms with E-state index in [1.165, 1.54) is 19.6 Å². The molecule has 0 N–H and O–H groups in total. The highest BCUT2D eigenvalue weighted by atomic mass is 32.2. The van der Waals surface area contributed by atoms with E-state index in [0.717, 1.165) is 27.8 Å². The predicted molar refractivity (Wildman–Crippen MR) is 136 cm³/mol. The summed E-state index contributed by atoms with van der Waals surface area (Å²) >= 11 is 0.783. The van der Waals surface area contributed by atoms with Gasteiger partial charge >= 0.3 is 5.97 Å². The van der Waals surface area contributed by atoms with Gasteiger partial charge in [-0.05, 0) is 68.3 Å². The van der Waals surface area contributed by atoms with E-state index >= 15 is 0 Å². The fourth-order valence-electron chi connectivity index (χ4n) is 3.58. The van der Waals surface area contributed by atoms with Crippen molar-refractivity contribution < 1.29 is 28.6 Å². The van der Waals surface area contributed by atoms with Gasteiger partial charge in [-0.1, -0.05) is 35.9 Å². The molecule has 1 aliphatic rings. The molecule has 2 aromatic carbocycles. The highest BCUT2D eigenvalue weighted by Gasteiger charge is 2.41. The van der Waals surface area contributed by atoms with Gasteiger partial charge in [-0.3, -0.25) is 14.5 Å². The number of rotatable bonds is 10. The quantitative estimate of drug-likeness (QED) is 0.251. The third-order valence-electron chi connectivity index (χ3n) is 5.37. The van der Waals surface area contributed by atoms with Crippen LogP contribution in [-0.4, -0.2) is 41.8 Å². The number of ether oxygens (including phenoxy) is 3. The molecule has 35 heavy (non-hydrogen) atoms. The maximum Gasteiger partial charge on any atom is 0.328 e. The van der Waals surface area contributed by atoms with Crippen molar-refractivity contribution in [2.24, 2.45) is 0 Å². The van der Waals surface area contributed by atoms with Crippen LogP contribution in [0.1, 0.15) is 36.1 Å². The molecule has 0 spiro atoms. The summed E-state index contributed by atoms with van der Waals surface area (Å²) in [6.45, 7) is 10.0. The van der Waals surface area contributed by atoms with Crippen molar-refractivity contribution in [3.63, 3.8) is 0 Å². The second kappa shape index (κ2) is 11.8. The highest BCUT2D eigenvalue weighted by Crippen LogP contribution is 2.38. The molecular weight excluding hydrogens is 466 g/mol. The molecule has 0 radical (unpaired) electrons. The third kappa shape index (κ3) is 6.14. The van der Waals surface area contributed by atoms with E-state index in [1.54, 1.807) is 18.2 Å². The van der Waals surface area contributed by atoms with Gasteiger partial charge < -0.3 is 14.2 Å². The van der Waals surface area contributed by atoms with Gasteiger partial charge in [0.25, 0.3) is 11.1 Å². The fourth-order valence-corrected chi connectivity index (χ4v) is 4.49. The first-order valence-electron chi connectivity index (χ1n) is 11.2. The number of imide groups is 1. The maximum absolute atomic E-state index is 12.9. The zero-order chi connectivity index (χ0) is 25.5. The van der Waals surface area contributed by atoms with Gasteiger partial charge in [0.15, 0.2) is 11.5 Å². The van der Waals surface area contributed by atoms with Crippen LogP contribution in [-0.2, 0) is 27.4 Å². The number of methoxy groups -OCH3 is 1. The number of hydrogen-bond acceptors (Lipinski definition) is 7. The zero-order valence-corrected chi connectivity index (χ0v) is 21.1. The Bertz CT molecular complexity index is 1160. The van der Waals surface area contributed by atoms with Crippen molar-refractivity contribution >= 4 is 35.0 Å². The molecule has 1 fully saturated rings. The Labute approximate surface area is 209 Å². The minimum atomic E-state index is -1.01. The summed E-state index contributed by atoms with van der Waals surface area (Å²) in [6.07, 6.45) is 3.90. The van der Waals surface area contributed by atoms with Crippen molar-refractivity contribution in [1.82, 2.24) is 4.90 Å². The molecule has 7 nitrogen and oxygen atoms in total. The number of amides is 2. The molecule has 1 atom stereocenters. The molecule has 184 valence electrons. The van der Waals surface area contributed by atoms with E-state index in [2.05, 4.69) is 11.3 Å². The molecule has 0 aromatic heterocycles. The van der Waals surface area contributed by atoms with Gasteiger partial charge in [0, 0.05) is 5.56 Å². The van der Waals surface area contributed by atoms with Gasteiger partial charge in [-0.2, -0.15) is 0 Å². The summed E-state index contributed by atoms with van der Waals surface area (Å²) in [7, 11) is 1.21. The summed E-state index contributed by atoms with van der Waals surface area (Å²) in [4.78, 5) is 38.3. The first kappa shape index (κ1) is 26.1. The number of aryl methyl sites for hydroxylation is 1. The molecule has 0 saturated carbocycles. The number of thioether (sulfide) groups is 1. The predicted octanol–water partition coefficient (Wildman–Crippen LogP) is 5.30. The number of carbonyl (C=O) groups is 3. The first-order chi connectivity index (χ1) is 16.8. The topological polar surface area (TPSA) is 82.1 Å². The number of hydrogen-bond donors (Lipinski definition) is 0. The van der Waals surface area contributed by atoms with Gasteiger partial charge in [-0.25, -0.2) is 4.79 Å². The molecule has 8 heteroatoms. The Morgan fingerprint density at radius 3 is 2.51 bits per heavy atom. The minimum Gasteiger partial charge on any atom is -0.490 e. The van der Waals surface area contributed by atoms with Crippen LogP contribution in [0.15, 0.2) is 54.0 Å². The molecule has 0 unspecified atom stereocenters. The smallest absolute Gasteiger partial charge is 0.328 e. The third-order valence-corrected chi connectivity index (χ3v) is 6.26. The normalized spacial score (nSPS) is 15.3. The van der Waals surface area contributed by atoms with Gasteiger partial charge in [0.1, 0.15) is 12.6 Å². The number of esters is 1. The van der Waals surface area contributed by atoms with E-state index in [4.69, 9.17) is 9.47 Å². The molecule has 3 rings (SSSR count). The SMILES string of the molecule is C=CCc1cc(/C=C2/SC(=O)N([C@H](C)C(=O)OC)C2=O)cc(OCC)c1OCc1ccc(C)cc1. The molecule has 1 aliphatic heterocycles. The molecule has 2 aromatic rings. The highest BCUT2D eigenvalue weighted by molar-refractivity contribution is 8.18. The Balaban J connectivity index is 1.94. The van der Waals surface area contributed by atoms with Crippen molar-refractivity contribution in [3.8, 4) is 11.5 Å². The van der Waals surface area contributed by atoms with Crippen LogP contribution in [0.4, 0.5) is 4.79 Å². The summed E-state index contributed by atoms with van der Waals surface area (Å²) in [6, 6.07) is 10.7. The Morgan fingerprint density at radius 2 is 1.89 bits per heavy atom. The van der Waals surface area contributed by atoms with Crippen molar-refractivity contribution in [1.29, 1.82) is 0 Å². The Hall–Kier alpha value is -3.52. The number of carbonyl (C=O) groups excluding carboxylic acids is 3. The second-order valence-corrected chi connectivity index (χ2v) is 8.95. The standard InChI is InChI=1S/C27H29NO6S/c1-6-8-21-13-20(15-23-25(29)28(27(31)35-23)18(4)26(30)32-5)14-22(33-7-2)24(21)34-16-19-11-9-17(3)10-12-19/h6,9-15,18H,1,7-8,16H2,2-5H3/b23-15+/t18-/m1/s1. The lowest BCUT2D eigenvalue weighted by atomic mass is 10.0. The van der Waals surface area contributed by atoms with Gasteiger partial charge in [0.05, 0.1) is 18.6 Å². The fraction of sp³-hybridized carbons (Fsp3) is 0.296. The van der Waals surface area contributed by atoms with Crippen LogP contribution in [0.3, 0.4) is 0 Å². The van der Waals surface area contributed by atoms with E-state index < -0.39 is 23.2 Å². The number of benzene rings is 2. The largest absolute Gasteiger partial charge is 0.490 e. The molecular formula is C27H29NO6S. The van der Waals surface area contributed by atoms with E-state index in [9.17, 15) is 14.4 Å². The summed E-state index contributed by atoms with van der Waals surface area (Å²) in [5, 5.41) is -0.520. The van der Waals surface area contributed by atoms with Crippen molar-refractivity contribution in [2.75, 3.05) is 13.7 Å². The molecule has 0 aliphatic carbocycles. The van der Waals surface area contributed by atoms with Crippen molar-refractivity contribution in [3.05, 3.63) is 76.2 Å². The maximum atomic E-state index is 12.9. The molecule has 1 heterocycles. The van der Waals surface area contributed by atoms with E-state index in [0.29, 0.717) is 36.7 Å². The second-order valence-electron chi connectivity index (χ2n) is 7.96. The van der Waals surface area contributed by atoms with E-state index in [1.807, 2.05) is 44.2 Å². The number of allylic oxidation sites excluding steroid dienone is 1. The van der Waals surface area contributed by atoms with Crippen LogP contribution < -0.4 is 9.47 Å². The zero-order valence-electron chi connectivity index (χ0n) is 20.3. The lowest BCUT2D eigenvalue weighted by Gasteiger charge is -2.18. The lowest BCUT2D eigenvalue weighted by Crippen LogP contribution is -2.42. The molecule has 2 amide bonds. The minimum absolute atomic E-state index is 0.214. The van der Waals surface area contributed by atoms with Crippen LogP contribution in [0.5, 0.6) is 11.5 Å². The monoisotopic (exact) mass is 495 g/mol. The molecule has 1 saturated heterocycles. The van der Waals surface area contributed by atoms with Gasteiger partial charge in [0.2, 0.25) is 0 Å². The van der Waals surface area contributed by atoms with Gasteiger partial charge in [-0.15, -0.1) is 6.58 Å². The van der Waals surface area contributed by atoms with E-state index in [-0.39, 0.29) is 4.91 Å². The van der Waals surface area contributed by atoms with Crippen LogP contribution >= 0.6 is 11.8 Å². The van der Waals surface area contributed by atoms with Crippen LogP contribution in [0, 0.1) is 6.92 Å². The summed E-state index contributed by atoms with van der Waals surface area (Å²) in [5.74, 6) is -0.0550. The average Bonchev–Trinajstić information content (AvgIpc) is 3.11. The summed E-state index contributed by atoms with van der Waals surface area (Å²) in [5.41, 5.74) is 3.71. The summed E-state index contributed by atoms with van der Waals surface area (Å²) < 4.78 is 16.7. The Kier molecular flexibility index (Phi) is 8.76. The van der Waals surface area contributed by atoms with Crippen LogP contribution in [0.2, 0.25) is 0 Å². The van der Waals surface area contributed by atoms with Crippen molar-refractivity contribution in [2.45, 2.75) is 39.8 Å². The average molecular weight is 496 g/mol. The number of nitrogens with zero attached hydrogens (tertiary/aromatic N) is 1. The first-order valence-corrected chi connectivity index (χ1v) is 12.0. The van der Waals surface area contributed by atoms with Crippen LogP contribution in [0.25, 0.3) is 6.08 Å². The molecule has 0 bridgehead atoms. The Morgan fingerprint density at radius 1 is 1.17 bits per heavy atom. The lowest BCUT2D eigenvalue weighted by molar-refractivity contribution is -0.148.